The van der Waals surface area contributed by atoms with Crippen LogP contribution >= 0.6 is 0 Å². The van der Waals surface area contributed by atoms with Gasteiger partial charge in [-0.15, -0.1) is 0 Å². The van der Waals surface area contributed by atoms with Crippen molar-refractivity contribution < 1.29 is 14.3 Å². The molecule has 1 atom stereocenters. The summed E-state index contributed by atoms with van der Waals surface area (Å²) in [6.45, 7) is 5.45. The number of carbonyl (C=O) groups excluding carboxylic acids is 2. The zero-order valence-electron chi connectivity index (χ0n) is 16.7. The van der Waals surface area contributed by atoms with Gasteiger partial charge in [-0.3, -0.25) is 14.3 Å². The molecule has 2 amide bonds. The Morgan fingerprint density at radius 1 is 1.21 bits per heavy atom. The van der Waals surface area contributed by atoms with Crippen molar-refractivity contribution in [1.82, 2.24) is 24.9 Å². The number of nitrogens with one attached hydrogen (secondary N) is 1. The van der Waals surface area contributed by atoms with Gasteiger partial charge in [0.15, 0.2) is 0 Å². The molecule has 1 saturated carbocycles. The average molecular weight is 390 g/mol. The van der Waals surface area contributed by atoms with Crippen LogP contribution in [-0.4, -0.2) is 83.4 Å². The van der Waals surface area contributed by atoms with Crippen molar-refractivity contribution in [3.8, 4) is 0 Å². The van der Waals surface area contributed by atoms with E-state index in [1.54, 1.807) is 24.1 Å². The Labute approximate surface area is 166 Å². The maximum absolute atomic E-state index is 12.3. The van der Waals surface area contributed by atoms with E-state index >= 15 is 0 Å². The first-order valence-electron chi connectivity index (χ1n) is 10.5. The van der Waals surface area contributed by atoms with Crippen LogP contribution in [0.15, 0.2) is 12.4 Å². The van der Waals surface area contributed by atoms with E-state index in [2.05, 4.69) is 15.3 Å². The van der Waals surface area contributed by atoms with Gasteiger partial charge in [-0.05, 0) is 50.6 Å². The van der Waals surface area contributed by atoms with E-state index in [9.17, 15) is 9.59 Å². The van der Waals surface area contributed by atoms with Crippen LogP contribution in [0.5, 0.6) is 0 Å². The Kier molecular flexibility index (Phi) is 5.96. The Morgan fingerprint density at radius 3 is 2.64 bits per heavy atom. The molecule has 0 bridgehead atoms. The van der Waals surface area contributed by atoms with Gasteiger partial charge < -0.3 is 19.9 Å². The molecule has 1 aromatic rings. The Morgan fingerprint density at radius 2 is 1.96 bits per heavy atom. The van der Waals surface area contributed by atoms with E-state index in [1.165, 1.54) is 32.2 Å². The van der Waals surface area contributed by atoms with Crippen molar-refractivity contribution in [2.75, 3.05) is 45.9 Å². The molecule has 3 fully saturated rings. The summed E-state index contributed by atoms with van der Waals surface area (Å²) in [6.07, 6.45) is 8.21. The second-order valence-corrected chi connectivity index (χ2v) is 8.53. The van der Waals surface area contributed by atoms with Gasteiger partial charge in [0.2, 0.25) is 5.91 Å². The third-order valence-corrected chi connectivity index (χ3v) is 6.08. The topological polar surface area (TPSA) is 79.7 Å². The van der Waals surface area contributed by atoms with Gasteiger partial charge >= 0.3 is 0 Å². The first-order chi connectivity index (χ1) is 13.6. The molecular weight excluding hydrogens is 358 g/mol. The molecule has 3 aliphatic rings. The van der Waals surface area contributed by atoms with Gasteiger partial charge in [0.25, 0.3) is 5.91 Å². The van der Waals surface area contributed by atoms with Crippen LogP contribution in [0.1, 0.15) is 36.0 Å². The Hall–Kier alpha value is -1.93. The quantitative estimate of drug-likeness (QED) is 0.735. The van der Waals surface area contributed by atoms with Crippen molar-refractivity contribution >= 4 is 11.8 Å². The first kappa shape index (κ1) is 19.4. The monoisotopic (exact) mass is 389 g/mol. The molecule has 28 heavy (non-hydrogen) atoms. The minimum Gasteiger partial charge on any atom is -0.365 e. The van der Waals surface area contributed by atoms with Gasteiger partial charge in [0.05, 0.1) is 17.9 Å². The second-order valence-electron chi connectivity index (χ2n) is 8.53. The summed E-state index contributed by atoms with van der Waals surface area (Å²) in [7, 11) is 1.78. The maximum atomic E-state index is 12.3. The number of ether oxygens (including phenoxy) is 1. The lowest BCUT2D eigenvalue weighted by Crippen LogP contribution is -2.52. The van der Waals surface area contributed by atoms with Crippen LogP contribution in [0.3, 0.4) is 0 Å². The smallest absolute Gasteiger partial charge is 0.254 e. The second kappa shape index (κ2) is 8.61. The summed E-state index contributed by atoms with van der Waals surface area (Å²) in [6, 6.07) is 0. The van der Waals surface area contributed by atoms with Gasteiger partial charge in [-0.2, -0.15) is 5.10 Å². The fraction of sp³-hybridized carbons (Fsp3) is 0.750. The van der Waals surface area contributed by atoms with Crippen molar-refractivity contribution in [1.29, 1.82) is 0 Å². The summed E-state index contributed by atoms with van der Waals surface area (Å²) < 4.78 is 7.23. The highest BCUT2D eigenvalue weighted by atomic mass is 16.5. The molecule has 3 heterocycles. The van der Waals surface area contributed by atoms with E-state index in [0.29, 0.717) is 24.6 Å². The number of aromatic nitrogens is 2. The zero-order valence-corrected chi connectivity index (χ0v) is 16.7. The van der Waals surface area contributed by atoms with Crippen LogP contribution in [0.4, 0.5) is 0 Å². The lowest BCUT2D eigenvalue weighted by molar-refractivity contribution is -0.149. The number of likely N-dealkylation sites (tertiary alicyclic amines) is 1. The van der Waals surface area contributed by atoms with E-state index in [-0.39, 0.29) is 24.5 Å². The molecular formula is C20H31N5O3. The standard InChI is InChI=1S/C20H31N5O3/c1-23-12-17(8-22-23)20(27)21-9-18-13-25(19(26)14-28-18)11-16-4-6-24(7-5-16)10-15-2-3-15/h8,12,15-16,18H,2-7,9-11,13-14H2,1H3,(H,21,27). The summed E-state index contributed by atoms with van der Waals surface area (Å²) in [5.74, 6) is 1.42. The molecule has 2 aliphatic heterocycles. The molecule has 1 N–H and O–H groups in total. The molecule has 1 aromatic heterocycles. The molecule has 0 aromatic carbocycles. The molecule has 154 valence electrons. The molecule has 8 nitrogen and oxygen atoms in total. The van der Waals surface area contributed by atoms with Crippen LogP contribution in [0, 0.1) is 11.8 Å². The maximum Gasteiger partial charge on any atom is 0.254 e. The number of rotatable bonds is 7. The van der Waals surface area contributed by atoms with Crippen LogP contribution < -0.4 is 5.32 Å². The SMILES string of the molecule is Cn1cc(C(=O)NCC2CN(CC3CCN(CC4CC4)CC3)C(=O)CO2)cn1. The minimum absolute atomic E-state index is 0.0650. The number of carbonyl (C=O) groups is 2. The molecule has 2 saturated heterocycles. The number of morpholine rings is 1. The minimum atomic E-state index is -0.164. The van der Waals surface area contributed by atoms with E-state index in [0.717, 1.165) is 25.6 Å². The third-order valence-electron chi connectivity index (χ3n) is 6.08. The summed E-state index contributed by atoms with van der Waals surface area (Å²) in [5.41, 5.74) is 0.532. The molecule has 8 heteroatoms. The van der Waals surface area contributed by atoms with E-state index in [1.807, 2.05) is 4.90 Å². The Bertz CT molecular complexity index is 694. The number of aryl methyl sites for hydroxylation is 1. The van der Waals surface area contributed by atoms with Crippen molar-refractivity contribution in [2.45, 2.75) is 31.8 Å². The van der Waals surface area contributed by atoms with Crippen LogP contribution in [0.2, 0.25) is 0 Å². The van der Waals surface area contributed by atoms with Crippen molar-refractivity contribution in [3.63, 3.8) is 0 Å². The molecule has 1 unspecified atom stereocenters. The predicted molar refractivity (Wildman–Crippen MR) is 104 cm³/mol. The zero-order chi connectivity index (χ0) is 19.5. The van der Waals surface area contributed by atoms with Crippen molar-refractivity contribution in [3.05, 3.63) is 18.0 Å². The van der Waals surface area contributed by atoms with Crippen LogP contribution in [0.25, 0.3) is 0 Å². The van der Waals surface area contributed by atoms with Crippen LogP contribution in [-0.2, 0) is 16.6 Å². The van der Waals surface area contributed by atoms with E-state index in [4.69, 9.17) is 4.74 Å². The molecule has 1 aliphatic carbocycles. The Balaban J connectivity index is 1.21. The highest BCUT2D eigenvalue weighted by molar-refractivity contribution is 5.93. The number of amides is 2. The number of hydrogen-bond donors (Lipinski definition) is 1. The lowest BCUT2D eigenvalue weighted by Gasteiger charge is -2.38. The molecule has 4 rings (SSSR count). The summed E-state index contributed by atoms with van der Waals surface area (Å²) in [4.78, 5) is 29.0. The normalized spacial score (nSPS) is 24.5. The van der Waals surface area contributed by atoms with Crippen molar-refractivity contribution in [2.24, 2.45) is 18.9 Å². The summed E-state index contributed by atoms with van der Waals surface area (Å²) in [5, 5.41) is 6.90. The fourth-order valence-corrected chi connectivity index (χ4v) is 4.16. The lowest BCUT2D eigenvalue weighted by atomic mass is 9.95. The number of hydrogen-bond acceptors (Lipinski definition) is 5. The van der Waals surface area contributed by atoms with Gasteiger partial charge in [-0.25, -0.2) is 0 Å². The third kappa shape index (κ3) is 5.11. The predicted octanol–water partition coefficient (Wildman–Crippen LogP) is 0.499. The molecule has 0 radical (unpaired) electrons. The van der Waals surface area contributed by atoms with Gasteiger partial charge in [0.1, 0.15) is 6.61 Å². The highest BCUT2D eigenvalue weighted by Gasteiger charge is 2.31. The molecule has 0 spiro atoms. The van der Waals surface area contributed by atoms with E-state index < -0.39 is 0 Å². The number of piperidine rings is 1. The number of nitrogens with zero attached hydrogens (tertiary/aromatic N) is 4. The largest absolute Gasteiger partial charge is 0.365 e. The fourth-order valence-electron chi connectivity index (χ4n) is 4.16. The first-order valence-corrected chi connectivity index (χ1v) is 10.5. The highest BCUT2D eigenvalue weighted by Crippen LogP contribution is 2.31. The summed E-state index contributed by atoms with van der Waals surface area (Å²) >= 11 is 0. The van der Waals surface area contributed by atoms with Gasteiger partial charge in [0, 0.05) is 39.4 Å². The van der Waals surface area contributed by atoms with Gasteiger partial charge in [-0.1, -0.05) is 0 Å². The average Bonchev–Trinajstić information content (AvgIpc) is 3.40.